The molecule has 2 aromatic carbocycles. The van der Waals surface area contributed by atoms with E-state index >= 15 is 0 Å². The average molecular weight is 526 g/mol. The van der Waals surface area contributed by atoms with Gasteiger partial charge in [-0.3, -0.25) is 4.79 Å². The van der Waals surface area contributed by atoms with Crippen LogP contribution in [0.25, 0.3) is 11.5 Å². The van der Waals surface area contributed by atoms with Crippen molar-refractivity contribution in [2.45, 2.75) is 38.8 Å². The molecule has 0 bridgehead atoms. The van der Waals surface area contributed by atoms with Gasteiger partial charge in [0.25, 0.3) is 0 Å². The zero-order valence-electron chi connectivity index (χ0n) is 17.7. The number of hydrogen-bond donors (Lipinski definition) is 2. The molecule has 1 atom stereocenters. The topological polar surface area (TPSA) is 106 Å². The summed E-state index contributed by atoms with van der Waals surface area (Å²) in [5, 5.41) is 13.4. The summed E-state index contributed by atoms with van der Waals surface area (Å²) in [6.45, 7) is 5.24. The van der Waals surface area contributed by atoms with Crippen LogP contribution >= 0.6 is 27.5 Å². The van der Waals surface area contributed by atoms with Crippen molar-refractivity contribution >= 4 is 45.2 Å². The van der Waals surface area contributed by atoms with Gasteiger partial charge in [-0.25, -0.2) is 4.79 Å². The van der Waals surface area contributed by atoms with Gasteiger partial charge in [-0.05, 0) is 68.8 Å². The van der Waals surface area contributed by atoms with Crippen molar-refractivity contribution in [3.05, 3.63) is 63.9 Å². The molecule has 3 rings (SSSR count). The van der Waals surface area contributed by atoms with E-state index in [0.29, 0.717) is 27.7 Å². The van der Waals surface area contributed by atoms with E-state index in [4.69, 9.17) is 20.8 Å². The number of anilines is 1. The summed E-state index contributed by atoms with van der Waals surface area (Å²) in [7, 11) is 0. The van der Waals surface area contributed by atoms with Gasteiger partial charge in [-0.2, -0.15) is 0 Å². The second kappa shape index (κ2) is 10.1. The molecule has 172 valence electrons. The van der Waals surface area contributed by atoms with Gasteiger partial charge in [0.15, 0.2) is 0 Å². The van der Waals surface area contributed by atoms with Gasteiger partial charge in [-0.15, -0.1) is 10.2 Å². The molecule has 0 spiro atoms. The lowest BCUT2D eigenvalue weighted by molar-refractivity contribution is -0.118. The first-order chi connectivity index (χ1) is 15.1. The standard InChI is InChI=1S/C22H22BrClN4O4.2H2/c1-22(2,3)32-21(30)27-18(11-14-10-15(23)6-9-17(14)24)19(29)26-16-7-4-13(5-8-16)20-28-25-12-31-20;;/h4-10,12,18H,11H2,1-3H3,(H,26,29)(H,27,30);2*1H. The highest BCUT2D eigenvalue weighted by Gasteiger charge is 2.25. The number of nitrogens with one attached hydrogen (secondary N) is 2. The molecule has 2 amide bonds. The Labute approximate surface area is 201 Å². The average Bonchev–Trinajstić information content (AvgIpc) is 3.24. The Balaban J connectivity index is 0.00000289. The van der Waals surface area contributed by atoms with Crippen LogP contribution in [0.1, 0.15) is 29.2 Å². The predicted molar refractivity (Wildman–Crippen MR) is 129 cm³/mol. The van der Waals surface area contributed by atoms with Crippen LogP contribution in [0.5, 0.6) is 0 Å². The summed E-state index contributed by atoms with van der Waals surface area (Å²) in [5.41, 5.74) is 1.24. The molecular weight excluding hydrogens is 500 g/mol. The Morgan fingerprint density at radius 3 is 2.56 bits per heavy atom. The van der Waals surface area contributed by atoms with Crippen LogP contribution < -0.4 is 10.6 Å². The molecule has 0 fully saturated rings. The molecule has 0 saturated heterocycles. The maximum atomic E-state index is 13.1. The maximum absolute atomic E-state index is 13.1. The summed E-state index contributed by atoms with van der Waals surface area (Å²) in [5.74, 6) is -0.0471. The number of alkyl carbamates (subject to hydrolysis) is 1. The van der Waals surface area contributed by atoms with Crippen molar-refractivity contribution in [2.75, 3.05) is 5.32 Å². The highest BCUT2D eigenvalue weighted by atomic mass is 79.9. The quantitative estimate of drug-likeness (QED) is 0.426. The molecule has 0 aliphatic carbocycles. The van der Waals surface area contributed by atoms with Crippen LogP contribution in [0.3, 0.4) is 0 Å². The normalized spacial score (nSPS) is 12.2. The van der Waals surface area contributed by atoms with Gasteiger partial charge in [-0.1, -0.05) is 27.5 Å². The monoisotopic (exact) mass is 524 g/mol. The third kappa shape index (κ3) is 6.80. The number of hydrogen-bond acceptors (Lipinski definition) is 6. The predicted octanol–water partition coefficient (Wildman–Crippen LogP) is 5.72. The minimum absolute atomic E-state index is 0. The fourth-order valence-corrected chi connectivity index (χ4v) is 3.41. The van der Waals surface area contributed by atoms with E-state index in [1.54, 1.807) is 63.2 Å². The number of rotatable bonds is 6. The molecule has 8 nitrogen and oxygen atoms in total. The number of ether oxygens (including phenoxy) is 1. The van der Waals surface area contributed by atoms with Gasteiger partial charge >= 0.3 is 6.09 Å². The highest BCUT2D eigenvalue weighted by Crippen LogP contribution is 2.23. The summed E-state index contributed by atoms with van der Waals surface area (Å²) in [6, 6.07) is 11.3. The Hall–Kier alpha value is -2.91. The van der Waals surface area contributed by atoms with E-state index in [9.17, 15) is 9.59 Å². The Bertz CT molecular complexity index is 1090. The zero-order valence-corrected chi connectivity index (χ0v) is 20.0. The molecule has 0 radical (unpaired) electrons. The van der Waals surface area contributed by atoms with Crippen LogP contribution in [-0.4, -0.2) is 33.8 Å². The van der Waals surface area contributed by atoms with Crippen molar-refractivity contribution in [1.82, 2.24) is 15.5 Å². The van der Waals surface area contributed by atoms with Gasteiger partial charge in [0, 0.05) is 30.0 Å². The van der Waals surface area contributed by atoms with Gasteiger partial charge < -0.3 is 19.8 Å². The fourth-order valence-electron chi connectivity index (χ4n) is 2.80. The van der Waals surface area contributed by atoms with Crippen molar-refractivity contribution in [1.29, 1.82) is 0 Å². The van der Waals surface area contributed by atoms with Crippen molar-refractivity contribution in [3.8, 4) is 11.5 Å². The molecule has 1 heterocycles. The van der Waals surface area contributed by atoms with Crippen LogP contribution in [0.4, 0.5) is 10.5 Å². The molecule has 1 aromatic heterocycles. The largest absolute Gasteiger partial charge is 0.444 e. The molecule has 32 heavy (non-hydrogen) atoms. The van der Waals surface area contributed by atoms with E-state index in [-0.39, 0.29) is 9.27 Å². The number of aromatic nitrogens is 2. The van der Waals surface area contributed by atoms with Crippen molar-refractivity contribution in [2.24, 2.45) is 0 Å². The second-order valence-electron chi connectivity index (χ2n) is 7.95. The van der Waals surface area contributed by atoms with Crippen LogP contribution in [0, 0.1) is 0 Å². The maximum Gasteiger partial charge on any atom is 0.408 e. The SMILES string of the molecule is CC(C)(C)OC(=O)NC(Cc1cc(Br)ccc1Cl)C(=O)Nc1ccc(-c2nnco2)cc1.[HH].[HH]. The van der Waals surface area contributed by atoms with Gasteiger partial charge in [0.2, 0.25) is 18.2 Å². The molecule has 2 N–H and O–H groups in total. The molecule has 3 aromatic rings. The number of nitrogens with zero attached hydrogens (tertiary/aromatic N) is 2. The van der Waals surface area contributed by atoms with Gasteiger partial charge in [0.05, 0.1) is 0 Å². The number of benzene rings is 2. The Morgan fingerprint density at radius 2 is 1.94 bits per heavy atom. The minimum atomic E-state index is -0.924. The van der Waals surface area contributed by atoms with E-state index in [1.165, 1.54) is 6.39 Å². The third-order valence-electron chi connectivity index (χ3n) is 4.20. The van der Waals surface area contributed by atoms with E-state index < -0.39 is 23.6 Å². The van der Waals surface area contributed by atoms with Gasteiger partial charge in [0.1, 0.15) is 11.6 Å². The summed E-state index contributed by atoms with van der Waals surface area (Å²) in [6.07, 6.45) is 0.713. The minimum Gasteiger partial charge on any atom is -0.444 e. The van der Waals surface area contributed by atoms with E-state index in [1.807, 2.05) is 0 Å². The first-order valence-corrected chi connectivity index (χ1v) is 10.9. The smallest absolute Gasteiger partial charge is 0.408 e. The van der Waals surface area contributed by atoms with Crippen molar-refractivity contribution < 1.29 is 21.6 Å². The fraction of sp³-hybridized carbons (Fsp3) is 0.273. The lowest BCUT2D eigenvalue weighted by Crippen LogP contribution is -2.47. The number of amides is 2. The number of carbonyl (C=O) groups excluding carboxylic acids is 2. The first-order valence-electron chi connectivity index (χ1n) is 9.71. The lowest BCUT2D eigenvalue weighted by atomic mass is 10.0. The summed E-state index contributed by atoms with van der Waals surface area (Å²) >= 11 is 9.70. The highest BCUT2D eigenvalue weighted by molar-refractivity contribution is 9.10. The number of halogens is 2. The van der Waals surface area contributed by atoms with Crippen LogP contribution in [0.15, 0.2) is 57.7 Å². The molecular formula is C22H26BrClN4O4. The molecule has 0 aliphatic heterocycles. The first kappa shape index (κ1) is 23.7. The van der Waals surface area contributed by atoms with Crippen molar-refractivity contribution in [3.63, 3.8) is 0 Å². The molecule has 10 heteroatoms. The van der Waals surface area contributed by atoms with E-state index in [0.717, 1.165) is 4.47 Å². The Kier molecular flexibility index (Phi) is 7.52. The van der Waals surface area contributed by atoms with Crippen LogP contribution in [0.2, 0.25) is 5.02 Å². The van der Waals surface area contributed by atoms with Crippen LogP contribution in [-0.2, 0) is 16.0 Å². The zero-order chi connectivity index (χ0) is 23.3. The molecule has 0 saturated carbocycles. The Morgan fingerprint density at radius 1 is 1.22 bits per heavy atom. The second-order valence-corrected chi connectivity index (χ2v) is 9.27. The third-order valence-corrected chi connectivity index (χ3v) is 5.06. The summed E-state index contributed by atoms with van der Waals surface area (Å²) < 4.78 is 11.3. The van der Waals surface area contributed by atoms with E-state index in [2.05, 4.69) is 36.8 Å². The summed E-state index contributed by atoms with van der Waals surface area (Å²) in [4.78, 5) is 25.4. The molecule has 1 unspecified atom stereocenters. The lowest BCUT2D eigenvalue weighted by Gasteiger charge is -2.23. The number of carbonyl (C=O) groups is 2. The molecule has 0 aliphatic rings.